The molecule has 0 aliphatic carbocycles. The highest BCUT2D eigenvalue weighted by Gasteiger charge is 2.18. The van der Waals surface area contributed by atoms with Crippen molar-refractivity contribution in [3.8, 4) is 0 Å². The van der Waals surface area contributed by atoms with Gasteiger partial charge in [-0.15, -0.1) is 0 Å². The molecule has 0 radical (unpaired) electrons. The molecule has 0 amide bonds. The van der Waals surface area contributed by atoms with E-state index in [0.717, 1.165) is 22.1 Å². The lowest BCUT2D eigenvalue weighted by molar-refractivity contribution is 0.381. The van der Waals surface area contributed by atoms with Crippen molar-refractivity contribution in [1.82, 2.24) is 5.32 Å². The summed E-state index contributed by atoms with van der Waals surface area (Å²) in [5.74, 6) is -0.134. The Morgan fingerprint density at radius 2 is 2.17 bits per heavy atom. The second-order valence-electron chi connectivity index (χ2n) is 3.00. The highest BCUT2D eigenvalue weighted by molar-refractivity contribution is 14.1. The minimum Gasteiger partial charge on any atom is -0.310 e. The molecular formula is C9H9FIN. The van der Waals surface area contributed by atoms with Crippen LogP contribution in [0.2, 0.25) is 0 Å². The second kappa shape index (κ2) is 3.30. The largest absolute Gasteiger partial charge is 0.310 e. The Morgan fingerprint density at radius 1 is 1.42 bits per heavy atom. The zero-order valence-corrected chi connectivity index (χ0v) is 8.64. The van der Waals surface area contributed by atoms with E-state index in [0.29, 0.717) is 6.04 Å². The Kier molecular flexibility index (Phi) is 2.32. The van der Waals surface area contributed by atoms with Crippen molar-refractivity contribution in [2.45, 2.75) is 12.5 Å². The zero-order valence-electron chi connectivity index (χ0n) is 6.48. The summed E-state index contributed by atoms with van der Waals surface area (Å²) in [6, 6.07) is 5.57. The van der Waals surface area contributed by atoms with Gasteiger partial charge in [0.05, 0.1) is 0 Å². The van der Waals surface area contributed by atoms with Gasteiger partial charge in [-0.05, 0) is 59.3 Å². The fourth-order valence-electron chi connectivity index (χ4n) is 1.35. The molecule has 1 N–H and O–H groups in total. The predicted molar refractivity (Wildman–Crippen MR) is 54.5 cm³/mol. The first-order valence-corrected chi connectivity index (χ1v) is 5.03. The molecule has 0 aromatic heterocycles. The van der Waals surface area contributed by atoms with Gasteiger partial charge in [-0.25, -0.2) is 4.39 Å². The molecule has 1 fully saturated rings. The molecule has 3 heteroatoms. The first-order valence-electron chi connectivity index (χ1n) is 3.95. The third-order valence-electron chi connectivity index (χ3n) is 2.11. The molecular weight excluding hydrogens is 268 g/mol. The molecule has 12 heavy (non-hydrogen) atoms. The van der Waals surface area contributed by atoms with Gasteiger partial charge >= 0.3 is 0 Å². The minimum atomic E-state index is -0.134. The van der Waals surface area contributed by atoms with Crippen molar-refractivity contribution < 1.29 is 4.39 Å². The molecule has 1 aliphatic heterocycles. The van der Waals surface area contributed by atoms with E-state index < -0.39 is 0 Å². The lowest BCUT2D eigenvalue weighted by Gasteiger charge is -2.28. The lowest BCUT2D eigenvalue weighted by atomic mass is 9.98. The Morgan fingerprint density at radius 3 is 2.67 bits per heavy atom. The molecule has 0 bridgehead atoms. The molecule has 1 atom stereocenters. The predicted octanol–water partition coefficient (Wildman–Crippen LogP) is 2.46. The lowest BCUT2D eigenvalue weighted by Crippen LogP contribution is -2.35. The summed E-state index contributed by atoms with van der Waals surface area (Å²) in [7, 11) is 0. The average Bonchev–Trinajstić information content (AvgIpc) is 1.79. The standard InChI is InChI=1S/C9H9FIN/c10-7-3-6(4-8(11)5-7)9-1-2-12-9/h3-5,9,12H,1-2H2. The van der Waals surface area contributed by atoms with Crippen LogP contribution in [0.15, 0.2) is 18.2 Å². The Labute approximate surface area is 84.5 Å². The number of nitrogens with one attached hydrogen (secondary N) is 1. The van der Waals surface area contributed by atoms with Gasteiger partial charge in [-0.3, -0.25) is 0 Å². The van der Waals surface area contributed by atoms with Crippen LogP contribution in [0, 0.1) is 9.39 Å². The van der Waals surface area contributed by atoms with E-state index in [-0.39, 0.29) is 5.82 Å². The van der Waals surface area contributed by atoms with Crippen molar-refractivity contribution in [2.75, 3.05) is 6.54 Å². The Balaban J connectivity index is 2.30. The van der Waals surface area contributed by atoms with Gasteiger partial charge in [-0.1, -0.05) is 0 Å². The van der Waals surface area contributed by atoms with Gasteiger partial charge in [0.2, 0.25) is 0 Å². The number of hydrogen-bond acceptors (Lipinski definition) is 1. The maximum Gasteiger partial charge on any atom is 0.124 e. The van der Waals surface area contributed by atoms with Crippen molar-refractivity contribution in [2.24, 2.45) is 0 Å². The molecule has 1 aliphatic rings. The number of rotatable bonds is 1. The quantitative estimate of drug-likeness (QED) is 0.777. The van der Waals surface area contributed by atoms with Crippen LogP contribution in [0.1, 0.15) is 18.0 Å². The fourth-order valence-corrected chi connectivity index (χ4v) is 2.01. The molecule has 0 saturated carbocycles. The van der Waals surface area contributed by atoms with Crippen LogP contribution in [0.25, 0.3) is 0 Å². The molecule has 1 saturated heterocycles. The third-order valence-corrected chi connectivity index (χ3v) is 2.73. The van der Waals surface area contributed by atoms with Crippen molar-refractivity contribution in [3.05, 3.63) is 33.1 Å². The third kappa shape index (κ3) is 1.61. The van der Waals surface area contributed by atoms with Crippen molar-refractivity contribution >= 4 is 22.6 Å². The van der Waals surface area contributed by atoms with Gasteiger partial charge < -0.3 is 5.32 Å². The molecule has 1 heterocycles. The topological polar surface area (TPSA) is 12.0 Å². The van der Waals surface area contributed by atoms with Crippen molar-refractivity contribution in [1.29, 1.82) is 0 Å². The maximum absolute atomic E-state index is 12.9. The van der Waals surface area contributed by atoms with Gasteiger partial charge in [0.25, 0.3) is 0 Å². The highest BCUT2D eigenvalue weighted by atomic mass is 127. The molecule has 1 nitrogen and oxygen atoms in total. The van der Waals surface area contributed by atoms with Crippen LogP contribution in [0.5, 0.6) is 0 Å². The smallest absolute Gasteiger partial charge is 0.124 e. The SMILES string of the molecule is Fc1cc(I)cc(C2CCN2)c1. The van der Waals surface area contributed by atoms with Crippen LogP contribution in [-0.4, -0.2) is 6.54 Å². The van der Waals surface area contributed by atoms with E-state index >= 15 is 0 Å². The number of halogens is 2. The van der Waals surface area contributed by atoms with Gasteiger partial charge in [0.1, 0.15) is 5.82 Å². The van der Waals surface area contributed by atoms with E-state index in [9.17, 15) is 4.39 Å². The summed E-state index contributed by atoms with van der Waals surface area (Å²) >= 11 is 2.14. The van der Waals surface area contributed by atoms with Crippen LogP contribution >= 0.6 is 22.6 Å². The number of benzene rings is 1. The van der Waals surface area contributed by atoms with E-state index in [2.05, 4.69) is 27.9 Å². The highest BCUT2D eigenvalue weighted by Crippen LogP contribution is 2.24. The first-order chi connectivity index (χ1) is 5.75. The van der Waals surface area contributed by atoms with Gasteiger partial charge in [0.15, 0.2) is 0 Å². The van der Waals surface area contributed by atoms with E-state index in [1.807, 2.05) is 6.07 Å². The molecule has 0 spiro atoms. The summed E-state index contributed by atoms with van der Waals surface area (Å²) in [5, 5.41) is 3.25. The molecule has 64 valence electrons. The maximum atomic E-state index is 12.9. The summed E-state index contributed by atoms with van der Waals surface area (Å²) in [5.41, 5.74) is 1.07. The monoisotopic (exact) mass is 277 g/mol. The molecule has 2 rings (SSSR count). The first kappa shape index (κ1) is 8.44. The minimum absolute atomic E-state index is 0.134. The van der Waals surface area contributed by atoms with Crippen LogP contribution in [0.3, 0.4) is 0 Å². The fraction of sp³-hybridized carbons (Fsp3) is 0.333. The normalized spacial score (nSPS) is 22.0. The van der Waals surface area contributed by atoms with E-state index in [1.54, 1.807) is 12.1 Å². The molecule has 1 unspecified atom stereocenters. The molecule has 1 aromatic rings. The Hall–Kier alpha value is -0.160. The Bertz CT molecular complexity index is 276. The molecule has 1 aromatic carbocycles. The van der Waals surface area contributed by atoms with Crippen LogP contribution < -0.4 is 5.32 Å². The van der Waals surface area contributed by atoms with Gasteiger partial charge in [-0.2, -0.15) is 0 Å². The van der Waals surface area contributed by atoms with Crippen molar-refractivity contribution in [3.63, 3.8) is 0 Å². The second-order valence-corrected chi connectivity index (χ2v) is 4.24. The average molecular weight is 277 g/mol. The summed E-state index contributed by atoms with van der Waals surface area (Å²) in [4.78, 5) is 0. The van der Waals surface area contributed by atoms with Gasteiger partial charge in [0, 0.05) is 9.61 Å². The van der Waals surface area contributed by atoms with E-state index in [4.69, 9.17) is 0 Å². The van der Waals surface area contributed by atoms with Crippen LogP contribution in [0.4, 0.5) is 4.39 Å². The number of hydrogen-bond donors (Lipinski definition) is 1. The zero-order chi connectivity index (χ0) is 8.55. The summed E-state index contributed by atoms with van der Waals surface area (Å²) in [6.07, 6.45) is 1.12. The van der Waals surface area contributed by atoms with E-state index in [1.165, 1.54) is 0 Å². The summed E-state index contributed by atoms with van der Waals surface area (Å²) < 4.78 is 13.9. The van der Waals surface area contributed by atoms with Crippen LogP contribution in [-0.2, 0) is 0 Å². The summed E-state index contributed by atoms with van der Waals surface area (Å²) in [6.45, 7) is 1.05.